The first-order valence-corrected chi connectivity index (χ1v) is 8.21. The van der Waals surface area contributed by atoms with Crippen molar-refractivity contribution in [3.63, 3.8) is 0 Å². The highest BCUT2D eigenvalue weighted by Gasteiger charge is 2.18. The summed E-state index contributed by atoms with van der Waals surface area (Å²) in [5, 5.41) is 0. The van der Waals surface area contributed by atoms with E-state index in [0.717, 1.165) is 31.6 Å². The number of hydrogen-bond donors (Lipinski definition) is 0. The van der Waals surface area contributed by atoms with Gasteiger partial charge in [-0.05, 0) is 36.6 Å². The number of para-hydroxylation sites is 1. The lowest BCUT2D eigenvalue weighted by Crippen LogP contribution is -2.34. The Labute approximate surface area is 137 Å². The minimum absolute atomic E-state index is 0.165. The summed E-state index contributed by atoms with van der Waals surface area (Å²) in [4.78, 5) is 20.8. The average Bonchev–Trinajstić information content (AvgIpc) is 2.60. The van der Waals surface area contributed by atoms with Crippen LogP contribution in [0.4, 0.5) is 5.69 Å². The lowest BCUT2D eigenvalue weighted by molar-refractivity contribution is -0.130. The number of rotatable bonds is 5. The largest absolute Gasteiger partial charge is 0.371 e. The first-order chi connectivity index (χ1) is 11.2. The number of anilines is 1. The molecule has 0 fully saturated rings. The Balaban J connectivity index is 1.55. The van der Waals surface area contributed by atoms with E-state index in [4.69, 9.17) is 0 Å². The smallest absolute Gasteiger partial charge is 0.224 e. The van der Waals surface area contributed by atoms with Gasteiger partial charge in [0.05, 0.1) is 12.2 Å². The lowest BCUT2D eigenvalue weighted by Gasteiger charge is -2.31. The number of carbonyl (C=O) groups is 1. The molecule has 0 saturated heterocycles. The number of nitrogens with zero attached hydrogens (tertiary/aromatic N) is 3. The van der Waals surface area contributed by atoms with Crippen LogP contribution in [0.15, 0.2) is 48.7 Å². The van der Waals surface area contributed by atoms with Crippen LogP contribution < -0.4 is 4.90 Å². The van der Waals surface area contributed by atoms with Crippen LogP contribution in [0.25, 0.3) is 0 Å². The predicted octanol–water partition coefficient (Wildman–Crippen LogP) is 2.88. The average molecular weight is 309 g/mol. The minimum atomic E-state index is 0.165. The van der Waals surface area contributed by atoms with Crippen LogP contribution in [0.1, 0.15) is 24.1 Å². The number of aromatic nitrogens is 1. The Morgan fingerprint density at radius 1 is 1.22 bits per heavy atom. The fourth-order valence-corrected chi connectivity index (χ4v) is 3.09. The van der Waals surface area contributed by atoms with E-state index in [0.29, 0.717) is 13.0 Å². The molecular formula is C19H23N3O. The number of hydrogen-bond acceptors (Lipinski definition) is 3. The molecule has 1 aliphatic heterocycles. The molecule has 0 unspecified atom stereocenters. The van der Waals surface area contributed by atoms with Crippen molar-refractivity contribution in [1.82, 2.24) is 9.88 Å². The molecule has 4 nitrogen and oxygen atoms in total. The Morgan fingerprint density at radius 3 is 2.87 bits per heavy atom. The molecule has 2 aromatic rings. The van der Waals surface area contributed by atoms with E-state index in [1.807, 2.05) is 25.2 Å². The normalized spacial score (nSPS) is 13.5. The minimum Gasteiger partial charge on any atom is -0.371 e. The number of amides is 1. The fraction of sp³-hybridized carbons (Fsp3) is 0.368. The molecule has 0 saturated carbocycles. The van der Waals surface area contributed by atoms with Crippen molar-refractivity contribution in [3.05, 3.63) is 59.9 Å². The number of benzene rings is 1. The van der Waals surface area contributed by atoms with Crippen molar-refractivity contribution < 1.29 is 4.79 Å². The van der Waals surface area contributed by atoms with E-state index in [9.17, 15) is 4.79 Å². The van der Waals surface area contributed by atoms with Crippen LogP contribution in [0.5, 0.6) is 0 Å². The molecule has 1 aromatic heterocycles. The molecule has 1 aromatic carbocycles. The molecule has 0 N–H and O–H groups in total. The third-order valence-corrected chi connectivity index (χ3v) is 4.35. The summed E-state index contributed by atoms with van der Waals surface area (Å²) in [6.07, 6.45) is 4.60. The van der Waals surface area contributed by atoms with Gasteiger partial charge in [0.1, 0.15) is 0 Å². The van der Waals surface area contributed by atoms with Gasteiger partial charge in [-0.2, -0.15) is 0 Å². The Bertz CT molecular complexity index is 657. The second-order valence-electron chi connectivity index (χ2n) is 6.04. The van der Waals surface area contributed by atoms with Gasteiger partial charge in [0.25, 0.3) is 0 Å². The second kappa shape index (κ2) is 7.27. The molecule has 2 heterocycles. The molecule has 0 spiro atoms. The van der Waals surface area contributed by atoms with E-state index in [1.165, 1.54) is 11.3 Å². The van der Waals surface area contributed by atoms with Crippen LogP contribution in [0.3, 0.4) is 0 Å². The monoisotopic (exact) mass is 309 g/mol. The molecule has 4 heteroatoms. The van der Waals surface area contributed by atoms with Crippen molar-refractivity contribution >= 4 is 11.6 Å². The maximum atomic E-state index is 12.4. The van der Waals surface area contributed by atoms with Crippen LogP contribution in [0.2, 0.25) is 0 Å². The first kappa shape index (κ1) is 15.5. The van der Waals surface area contributed by atoms with Gasteiger partial charge in [0.2, 0.25) is 5.91 Å². The number of pyridine rings is 1. The van der Waals surface area contributed by atoms with Crippen molar-refractivity contribution in [1.29, 1.82) is 0 Å². The molecule has 1 aliphatic rings. The Kier molecular flexibility index (Phi) is 4.91. The zero-order valence-corrected chi connectivity index (χ0v) is 13.6. The molecule has 0 bridgehead atoms. The maximum Gasteiger partial charge on any atom is 0.224 e. The molecule has 120 valence electrons. The number of carbonyl (C=O) groups excluding carboxylic acids is 1. The van der Waals surface area contributed by atoms with Gasteiger partial charge >= 0.3 is 0 Å². The fourth-order valence-electron chi connectivity index (χ4n) is 3.09. The summed E-state index contributed by atoms with van der Waals surface area (Å²) in [5.74, 6) is 0.165. The van der Waals surface area contributed by atoms with E-state index in [1.54, 1.807) is 11.1 Å². The highest BCUT2D eigenvalue weighted by molar-refractivity contribution is 5.76. The lowest BCUT2D eigenvalue weighted by atomic mass is 10.0. The van der Waals surface area contributed by atoms with E-state index in [-0.39, 0.29) is 5.91 Å². The van der Waals surface area contributed by atoms with Gasteiger partial charge in [-0.3, -0.25) is 9.78 Å². The summed E-state index contributed by atoms with van der Waals surface area (Å²) in [6.45, 7) is 2.38. The van der Waals surface area contributed by atoms with Crippen molar-refractivity contribution in [2.24, 2.45) is 0 Å². The van der Waals surface area contributed by atoms with E-state index < -0.39 is 0 Å². The molecule has 0 atom stereocenters. The molecule has 1 amide bonds. The molecule has 0 aliphatic carbocycles. The summed E-state index contributed by atoms with van der Waals surface area (Å²) in [7, 11) is 1.85. The first-order valence-electron chi connectivity index (χ1n) is 8.21. The van der Waals surface area contributed by atoms with Crippen molar-refractivity contribution in [2.75, 3.05) is 25.0 Å². The van der Waals surface area contributed by atoms with Crippen molar-refractivity contribution in [3.8, 4) is 0 Å². The molecule has 23 heavy (non-hydrogen) atoms. The zero-order chi connectivity index (χ0) is 16.1. The summed E-state index contributed by atoms with van der Waals surface area (Å²) in [6, 6.07) is 14.3. The van der Waals surface area contributed by atoms with Gasteiger partial charge in [0.15, 0.2) is 0 Å². The predicted molar refractivity (Wildman–Crippen MR) is 92.3 cm³/mol. The maximum absolute atomic E-state index is 12.4. The van der Waals surface area contributed by atoms with Gasteiger partial charge < -0.3 is 9.80 Å². The number of fused-ring (bicyclic) bond motifs is 1. The van der Waals surface area contributed by atoms with Gasteiger partial charge in [-0.15, -0.1) is 0 Å². The molecule has 0 radical (unpaired) electrons. The number of aryl methyl sites for hydroxylation is 1. The molecule has 3 rings (SSSR count). The highest BCUT2D eigenvalue weighted by atomic mass is 16.2. The topological polar surface area (TPSA) is 36.4 Å². The van der Waals surface area contributed by atoms with E-state index in [2.05, 4.69) is 34.1 Å². The van der Waals surface area contributed by atoms with Crippen LogP contribution in [0, 0.1) is 0 Å². The summed E-state index contributed by atoms with van der Waals surface area (Å²) >= 11 is 0. The Morgan fingerprint density at radius 2 is 2.04 bits per heavy atom. The third-order valence-electron chi connectivity index (χ3n) is 4.35. The van der Waals surface area contributed by atoms with Crippen LogP contribution in [-0.2, 0) is 17.8 Å². The van der Waals surface area contributed by atoms with Gasteiger partial charge in [-0.1, -0.05) is 24.3 Å². The highest BCUT2D eigenvalue weighted by Crippen LogP contribution is 2.26. The van der Waals surface area contributed by atoms with Crippen molar-refractivity contribution in [2.45, 2.75) is 25.8 Å². The standard InChI is InChI=1S/C19H23N3O/c1-21(15-17-9-4-5-12-20-17)19(23)11-14-22-13-6-8-16-7-2-3-10-18(16)22/h2-5,7,9-10,12H,6,8,11,13-15H2,1H3. The quantitative estimate of drug-likeness (QED) is 0.852. The zero-order valence-electron chi connectivity index (χ0n) is 13.6. The van der Waals surface area contributed by atoms with Crippen LogP contribution >= 0.6 is 0 Å². The Hall–Kier alpha value is -2.36. The van der Waals surface area contributed by atoms with Crippen LogP contribution in [-0.4, -0.2) is 35.9 Å². The summed E-state index contributed by atoms with van der Waals surface area (Å²) in [5.41, 5.74) is 3.61. The van der Waals surface area contributed by atoms with E-state index >= 15 is 0 Å². The summed E-state index contributed by atoms with van der Waals surface area (Å²) < 4.78 is 0. The van der Waals surface area contributed by atoms with Gasteiger partial charge in [0, 0.05) is 38.4 Å². The molecular weight excluding hydrogens is 286 g/mol. The second-order valence-corrected chi connectivity index (χ2v) is 6.04. The third kappa shape index (κ3) is 3.89. The van der Waals surface area contributed by atoms with Gasteiger partial charge in [-0.25, -0.2) is 0 Å². The SMILES string of the molecule is CN(Cc1ccccn1)C(=O)CCN1CCCc2ccccc21.